The molecule has 1 saturated carbocycles. The number of hydrogen-bond donors (Lipinski definition) is 2. The molecule has 0 saturated heterocycles. The van der Waals surface area contributed by atoms with E-state index in [2.05, 4.69) is 13.8 Å². The van der Waals surface area contributed by atoms with Crippen LogP contribution in [0.15, 0.2) is 0 Å². The standard InChI is InChI=1S/C10H21NO/c1-9(2,8-12)10(7-11)5-3-4-6-10/h12H,3-8,11H2,1-2H3. The summed E-state index contributed by atoms with van der Waals surface area (Å²) in [5.41, 5.74) is 6.03. The molecule has 0 bridgehead atoms. The first-order valence-corrected chi connectivity index (χ1v) is 4.89. The molecule has 0 unspecified atom stereocenters. The summed E-state index contributed by atoms with van der Waals surface area (Å²) in [6.45, 7) is 5.24. The third kappa shape index (κ3) is 1.38. The van der Waals surface area contributed by atoms with Gasteiger partial charge >= 0.3 is 0 Å². The van der Waals surface area contributed by atoms with E-state index in [1.807, 2.05) is 0 Å². The van der Waals surface area contributed by atoms with Gasteiger partial charge in [-0.05, 0) is 30.2 Å². The van der Waals surface area contributed by atoms with Gasteiger partial charge in [0, 0.05) is 6.61 Å². The molecule has 1 rings (SSSR count). The fourth-order valence-electron chi connectivity index (χ4n) is 2.38. The van der Waals surface area contributed by atoms with Gasteiger partial charge in [-0.1, -0.05) is 26.7 Å². The molecular weight excluding hydrogens is 150 g/mol. The molecule has 0 spiro atoms. The molecule has 0 heterocycles. The maximum atomic E-state index is 9.30. The average molecular weight is 171 g/mol. The van der Waals surface area contributed by atoms with Crippen molar-refractivity contribution in [2.45, 2.75) is 39.5 Å². The Labute approximate surface area is 75.2 Å². The Morgan fingerprint density at radius 1 is 1.33 bits per heavy atom. The number of aliphatic hydroxyl groups is 1. The van der Waals surface area contributed by atoms with Crippen molar-refractivity contribution in [2.75, 3.05) is 13.2 Å². The summed E-state index contributed by atoms with van der Waals surface area (Å²) >= 11 is 0. The highest BCUT2D eigenvalue weighted by molar-refractivity contribution is 4.96. The molecule has 72 valence electrons. The fraction of sp³-hybridized carbons (Fsp3) is 1.00. The zero-order valence-corrected chi connectivity index (χ0v) is 8.27. The van der Waals surface area contributed by atoms with Crippen molar-refractivity contribution in [3.05, 3.63) is 0 Å². The van der Waals surface area contributed by atoms with Gasteiger partial charge in [0.05, 0.1) is 0 Å². The second-order valence-electron chi connectivity index (χ2n) is 4.73. The van der Waals surface area contributed by atoms with Crippen molar-refractivity contribution in [3.63, 3.8) is 0 Å². The summed E-state index contributed by atoms with van der Waals surface area (Å²) in [5, 5.41) is 9.30. The van der Waals surface area contributed by atoms with Crippen LogP contribution < -0.4 is 5.73 Å². The SMILES string of the molecule is CC(C)(CO)C1(CN)CCCC1. The van der Waals surface area contributed by atoms with Crippen molar-refractivity contribution in [2.24, 2.45) is 16.6 Å². The normalized spacial score (nSPS) is 23.0. The van der Waals surface area contributed by atoms with E-state index in [0.717, 1.165) is 6.54 Å². The Bertz CT molecular complexity index is 148. The minimum absolute atomic E-state index is 0.00174. The van der Waals surface area contributed by atoms with E-state index in [0.29, 0.717) is 0 Å². The van der Waals surface area contributed by atoms with Gasteiger partial charge in [0.1, 0.15) is 0 Å². The minimum Gasteiger partial charge on any atom is -0.396 e. The maximum absolute atomic E-state index is 9.30. The predicted octanol–water partition coefficient (Wildman–Crippen LogP) is 1.52. The summed E-state index contributed by atoms with van der Waals surface area (Å²) in [5.74, 6) is 0. The smallest absolute Gasteiger partial charge is 0.0487 e. The molecule has 1 aliphatic rings. The van der Waals surface area contributed by atoms with Crippen LogP contribution in [-0.2, 0) is 0 Å². The molecule has 0 atom stereocenters. The summed E-state index contributed by atoms with van der Waals surface area (Å²) < 4.78 is 0. The van der Waals surface area contributed by atoms with Gasteiger partial charge in [-0.2, -0.15) is 0 Å². The van der Waals surface area contributed by atoms with Crippen LogP contribution in [0, 0.1) is 10.8 Å². The Balaban J connectivity index is 2.78. The molecule has 0 radical (unpaired) electrons. The second kappa shape index (κ2) is 3.35. The van der Waals surface area contributed by atoms with Gasteiger partial charge in [-0.3, -0.25) is 0 Å². The van der Waals surface area contributed by atoms with Crippen LogP contribution in [0.3, 0.4) is 0 Å². The van der Waals surface area contributed by atoms with E-state index in [-0.39, 0.29) is 17.4 Å². The van der Waals surface area contributed by atoms with Crippen LogP contribution in [0.4, 0.5) is 0 Å². The van der Waals surface area contributed by atoms with E-state index in [4.69, 9.17) is 5.73 Å². The highest BCUT2D eigenvalue weighted by atomic mass is 16.3. The van der Waals surface area contributed by atoms with Gasteiger partial charge < -0.3 is 10.8 Å². The number of rotatable bonds is 3. The molecule has 0 aliphatic heterocycles. The molecule has 0 aromatic carbocycles. The average Bonchev–Trinajstić information content (AvgIpc) is 2.53. The van der Waals surface area contributed by atoms with Crippen molar-refractivity contribution in [3.8, 4) is 0 Å². The van der Waals surface area contributed by atoms with E-state index < -0.39 is 0 Å². The highest BCUT2D eigenvalue weighted by Crippen LogP contribution is 2.50. The molecule has 0 aromatic rings. The lowest BCUT2D eigenvalue weighted by atomic mass is 9.64. The Kier molecular flexibility index (Phi) is 2.79. The maximum Gasteiger partial charge on any atom is 0.0487 e. The topological polar surface area (TPSA) is 46.2 Å². The van der Waals surface area contributed by atoms with Crippen LogP contribution in [0.2, 0.25) is 0 Å². The van der Waals surface area contributed by atoms with Gasteiger partial charge in [0.2, 0.25) is 0 Å². The Hall–Kier alpha value is -0.0800. The fourth-order valence-corrected chi connectivity index (χ4v) is 2.38. The van der Waals surface area contributed by atoms with E-state index >= 15 is 0 Å². The first kappa shape index (κ1) is 10.0. The van der Waals surface area contributed by atoms with Crippen molar-refractivity contribution >= 4 is 0 Å². The lowest BCUT2D eigenvalue weighted by Crippen LogP contribution is -2.44. The minimum atomic E-state index is -0.00174. The quantitative estimate of drug-likeness (QED) is 0.676. The van der Waals surface area contributed by atoms with Crippen molar-refractivity contribution in [1.82, 2.24) is 0 Å². The van der Waals surface area contributed by atoms with Crippen molar-refractivity contribution < 1.29 is 5.11 Å². The van der Waals surface area contributed by atoms with E-state index in [1.165, 1.54) is 25.7 Å². The predicted molar refractivity (Wildman–Crippen MR) is 50.8 cm³/mol. The van der Waals surface area contributed by atoms with Crippen LogP contribution in [0.1, 0.15) is 39.5 Å². The molecular formula is C10H21NO. The molecule has 1 fully saturated rings. The van der Waals surface area contributed by atoms with Crippen LogP contribution in [0.25, 0.3) is 0 Å². The monoisotopic (exact) mass is 171 g/mol. The van der Waals surface area contributed by atoms with Crippen molar-refractivity contribution in [1.29, 1.82) is 0 Å². The van der Waals surface area contributed by atoms with E-state index in [1.54, 1.807) is 0 Å². The van der Waals surface area contributed by atoms with Gasteiger partial charge in [-0.15, -0.1) is 0 Å². The molecule has 0 amide bonds. The Morgan fingerprint density at radius 3 is 2.17 bits per heavy atom. The molecule has 0 aromatic heterocycles. The van der Waals surface area contributed by atoms with E-state index in [9.17, 15) is 5.11 Å². The first-order valence-electron chi connectivity index (χ1n) is 4.89. The van der Waals surface area contributed by atoms with Gasteiger partial charge in [0.15, 0.2) is 0 Å². The molecule has 1 aliphatic carbocycles. The third-order valence-electron chi connectivity index (χ3n) is 3.78. The molecule has 2 heteroatoms. The lowest BCUT2D eigenvalue weighted by Gasteiger charge is -2.42. The molecule has 2 nitrogen and oxygen atoms in total. The summed E-state index contributed by atoms with van der Waals surface area (Å²) in [6.07, 6.45) is 4.94. The van der Waals surface area contributed by atoms with Crippen LogP contribution in [0.5, 0.6) is 0 Å². The van der Waals surface area contributed by atoms with Crippen LogP contribution in [-0.4, -0.2) is 18.3 Å². The number of nitrogens with two attached hydrogens (primary N) is 1. The van der Waals surface area contributed by atoms with Gasteiger partial charge in [-0.25, -0.2) is 0 Å². The zero-order valence-electron chi connectivity index (χ0n) is 8.27. The number of aliphatic hydroxyl groups excluding tert-OH is 1. The van der Waals surface area contributed by atoms with Crippen LogP contribution >= 0.6 is 0 Å². The Morgan fingerprint density at radius 2 is 1.83 bits per heavy atom. The summed E-state index contributed by atoms with van der Waals surface area (Å²) in [4.78, 5) is 0. The molecule has 12 heavy (non-hydrogen) atoms. The van der Waals surface area contributed by atoms with Gasteiger partial charge in [0.25, 0.3) is 0 Å². The first-order chi connectivity index (χ1) is 5.58. The number of hydrogen-bond acceptors (Lipinski definition) is 2. The summed E-state index contributed by atoms with van der Waals surface area (Å²) in [6, 6.07) is 0. The largest absolute Gasteiger partial charge is 0.396 e. The molecule has 3 N–H and O–H groups in total. The zero-order chi connectivity index (χ0) is 9.24. The lowest BCUT2D eigenvalue weighted by molar-refractivity contribution is 0.0204. The second-order valence-corrected chi connectivity index (χ2v) is 4.73. The summed E-state index contributed by atoms with van der Waals surface area (Å²) in [7, 11) is 0. The highest BCUT2D eigenvalue weighted by Gasteiger charge is 2.45. The third-order valence-corrected chi connectivity index (χ3v) is 3.78.